The molecule has 0 aromatic heterocycles. The first kappa shape index (κ1) is 8.51. The van der Waals surface area contributed by atoms with Crippen molar-refractivity contribution in [3.63, 3.8) is 0 Å². The molecule has 0 fully saturated rings. The molecule has 2 heteroatoms. The number of aryl methyl sites for hydroxylation is 1. The summed E-state index contributed by atoms with van der Waals surface area (Å²) in [6.07, 6.45) is 2.95. The van der Waals surface area contributed by atoms with Crippen LogP contribution in [0, 0.1) is 3.57 Å². The fourth-order valence-electron chi connectivity index (χ4n) is 1.80. The fraction of sp³-hybridized carbons (Fsp3) is 0.400. The van der Waals surface area contributed by atoms with Crippen LogP contribution in [0.25, 0.3) is 0 Å². The number of aliphatic hydroxyl groups excluding tert-OH is 1. The van der Waals surface area contributed by atoms with E-state index in [0.717, 1.165) is 19.3 Å². The van der Waals surface area contributed by atoms with Gasteiger partial charge in [0, 0.05) is 3.57 Å². The Morgan fingerprint density at radius 2 is 2.25 bits per heavy atom. The number of hydrogen-bond donors (Lipinski definition) is 1. The average molecular weight is 274 g/mol. The quantitative estimate of drug-likeness (QED) is 0.721. The highest BCUT2D eigenvalue weighted by molar-refractivity contribution is 14.1. The fourth-order valence-corrected chi connectivity index (χ4v) is 2.72. The monoisotopic (exact) mass is 274 g/mol. The van der Waals surface area contributed by atoms with Gasteiger partial charge in [-0.2, -0.15) is 0 Å². The Labute approximate surface area is 85.9 Å². The summed E-state index contributed by atoms with van der Waals surface area (Å²) in [5.41, 5.74) is 2.50. The van der Waals surface area contributed by atoms with Gasteiger partial charge in [-0.15, -0.1) is 0 Å². The summed E-state index contributed by atoms with van der Waals surface area (Å²) in [7, 11) is 0. The Balaban J connectivity index is 2.53. The Kier molecular flexibility index (Phi) is 2.37. The molecule has 0 amide bonds. The maximum atomic E-state index is 9.74. The van der Waals surface area contributed by atoms with Gasteiger partial charge in [0.1, 0.15) is 0 Å². The molecule has 1 N–H and O–H groups in total. The molecule has 0 saturated heterocycles. The van der Waals surface area contributed by atoms with E-state index in [0.29, 0.717) is 0 Å². The van der Waals surface area contributed by atoms with Crippen molar-refractivity contribution in [2.75, 3.05) is 0 Å². The van der Waals surface area contributed by atoms with E-state index in [4.69, 9.17) is 0 Å². The van der Waals surface area contributed by atoms with E-state index in [1.165, 1.54) is 14.7 Å². The first-order valence-corrected chi connectivity index (χ1v) is 5.32. The topological polar surface area (TPSA) is 20.2 Å². The third-order valence-electron chi connectivity index (χ3n) is 2.40. The van der Waals surface area contributed by atoms with Crippen molar-refractivity contribution in [2.24, 2.45) is 0 Å². The van der Waals surface area contributed by atoms with Crippen LogP contribution in [-0.2, 0) is 6.42 Å². The van der Waals surface area contributed by atoms with E-state index in [2.05, 4.69) is 40.8 Å². The second-order valence-electron chi connectivity index (χ2n) is 3.22. The third-order valence-corrected chi connectivity index (χ3v) is 3.34. The number of hydrogen-bond acceptors (Lipinski definition) is 1. The number of benzene rings is 1. The van der Waals surface area contributed by atoms with Gasteiger partial charge in [-0.3, -0.25) is 0 Å². The standard InChI is InChI=1S/C10H11IO/c11-8-5-1-3-7-4-2-6-9(12)10(7)8/h1,3,5,9,12H,2,4,6H2. The summed E-state index contributed by atoms with van der Waals surface area (Å²) in [4.78, 5) is 0. The second-order valence-corrected chi connectivity index (χ2v) is 4.38. The van der Waals surface area contributed by atoms with E-state index in [-0.39, 0.29) is 6.10 Å². The number of halogens is 1. The predicted molar refractivity (Wildman–Crippen MR) is 57.1 cm³/mol. The summed E-state index contributed by atoms with van der Waals surface area (Å²) >= 11 is 2.30. The average Bonchev–Trinajstić information content (AvgIpc) is 2.04. The highest BCUT2D eigenvalue weighted by Gasteiger charge is 2.19. The van der Waals surface area contributed by atoms with Crippen LogP contribution in [-0.4, -0.2) is 5.11 Å². The summed E-state index contributed by atoms with van der Waals surface area (Å²) < 4.78 is 1.21. The number of rotatable bonds is 0. The van der Waals surface area contributed by atoms with Gasteiger partial charge in [0.15, 0.2) is 0 Å². The molecular weight excluding hydrogens is 263 g/mol. The lowest BCUT2D eigenvalue weighted by atomic mass is 9.90. The van der Waals surface area contributed by atoms with Gasteiger partial charge in [-0.1, -0.05) is 12.1 Å². The maximum Gasteiger partial charge on any atom is 0.0803 e. The first-order valence-electron chi connectivity index (χ1n) is 4.24. The van der Waals surface area contributed by atoms with Crippen molar-refractivity contribution in [1.29, 1.82) is 0 Å². The minimum atomic E-state index is -0.221. The van der Waals surface area contributed by atoms with Crippen molar-refractivity contribution >= 4 is 22.6 Å². The zero-order valence-corrected chi connectivity index (χ0v) is 8.91. The Morgan fingerprint density at radius 3 is 3.00 bits per heavy atom. The Hall–Kier alpha value is -0.0900. The molecule has 12 heavy (non-hydrogen) atoms. The molecule has 0 bridgehead atoms. The van der Waals surface area contributed by atoms with E-state index < -0.39 is 0 Å². The minimum Gasteiger partial charge on any atom is -0.388 e. The second kappa shape index (κ2) is 3.34. The van der Waals surface area contributed by atoms with Crippen LogP contribution in [0.2, 0.25) is 0 Å². The van der Waals surface area contributed by atoms with Crippen LogP contribution >= 0.6 is 22.6 Å². The van der Waals surface area contributed by atoms with Crippen molar-refractivity contribution in [2.45, 2.75) is 25.4 Å². The largest absolute Gasteiger partial charge is 0.388 e. The molecule has 0 aliphatic heterocycles. The lowest BCUT2D eigenvalue weighted by molar-refractivity contribution is 0.155. The third kappa shape index (κ3) is 1.38. The van der Waals surface area contributed by atoms with Gasteiger partial charge in [0.2, 0.25) is 0 Å². The van der Waals surface area contributed by atoms with Crippen LogP contribution in [0.1, 0.15) is 30.1 Å². The SMILES string of the molecule is OC1CCCc2cccc(I)c21. The summed E-state index contributed by atoms with van der Waals surface area (Å²) in [6.45, 7) is 0. The molecule has 1 aromatic rings. The van der Waals surface area contributed by atoms with E-state index in [1.807, 2.05) is 0 Å². The molecule has 0 heterocycles. The first-order chi connectivity index (χ1) is 5.79. The molecular formula is C10H11IO. The van der Waals surface area contributed by atoms with Crippen molar-refractivity contribution < 1.29 is 5.11 Å². The summed E-state index contributed by atoms with van der Waals surface area (Å²) in [6, 6.07) is 6.26. The van der Waals surface area contributed by atoms with E-state index in [9.17, 15) is 5.11 Å². The van der Waals surface area contributed by atoms with Crippen LogP contribution in [0.3, 0.4) is 0 Å². The lowest BCUT2D eigenvalue weighted by Crippen LogP contribution is -2.10. The summed E-state index contributed by atoms with van der Waals surface area (Å²) in [5, 5.41) is 9.74. The van der Waals surface area contributed by atoms with Gasteiger partial charge in [-0.25, -0.2) is 0 Å². The number of fused-ring (bicyclic) bond motifs is 1. The lowest BCUT2D eigenvalue weighted by Gasteiger charge is -2.22. The van der Waals surface area contributed by atoms with Crippen LogP contribution in [0.15, 0.2) is 18.2 Å². The minimum absolute atomic E-state index is 0.221. The zero-order chi connectivity index (χ0) is 8.55. The van der Waals surface area contributed by atoms with Gasteiger partial charge in [0.25, 0.3) is 0 Å². The van der Waals surface area contributed by atoms with Gasteiger partial charge >= 0.3 is 0 Å². The molecule has 1 aliphatic carbocycles. The molecule has 1 aromatic carbocycles. The molecule has 1 unspecified atom stereocenters. The molecule has 0 spiro atoms. The zero-order valence-electron chi connectivity index (χ0n) is 6.76. The highest BCUT2D eigenvalue weighted by atomic mass is 127. The molecule has 2 rings (SSSR count). The van der Waals surface area contributed by atoms with Crippen LogP contribution < -0.4 is 0 Å². The molecule has 1 nitrogen and oxygen atoms in total. The molecule has 64 valence electrons. The predicted octanol–water partition coefficient (Wildman–Crippen LogP) is 2.66. The van der Waals surface area contributed by atoms with Crippen LogP contribution in [0.4, 0.5) is 0 Å². The maximum absolute atomic E-state index is 9.74. The van der Waals surface area contributed by atoms with Gasteiger partial charge in [-0.05, 0) is 59.0 Å². The Morgan fingerprint density at radius 1 is 1.42 bits per heavy atom. The van der Waals surface area contributed by atoms with E-state index in [1.54, 1.807) is 0 Å². The Bertz CT molecular complexity index is 296. The normalized spacial score (nSPS) is 22.0. The van der Waals surface area contributed by atoms with Crippen molar-refractivity contribution in [1.82, 2.24) is 0 Å². The van der Waals surface area contributed by atoms with Gasteiger partial charge < -0.3 is 5.11 Å². The molecule has 0 saturated carbocycles. The summed E-state index contributed by atoms with van der Waals surface area (Å²) in [5.74, 6) is 0. The smallest absolute Gasteiger partial charge is 0.0803 e. The molecule has 1 aliphatic rings. The van der Waals surface area contributed by atoms with Crippen molar-refractivity contribution in [3.8, 4) is 0 Å². The number of aliphatic hydroxyl groups is 1. The molecule has 0 radical (unpaired) electrons. The van der Waals surface area contributed by atoms with E-state index >= 15 is 0 Å². The van der Waals surface area contributed by atoms with Gasteiger partial charge in [0.05, 0.1) is 6.10 Å². The molecule has 1 atom stereocenters. The van der Waals surface area contributed by atoms with Crippen molar-refractivity contribution in [3.05, 3.63) is 32.9 Å². The highest BCUT2D eigenvalue weighted by Crippen LogP contribution is 2.32. The van der Waals surface area contributed by atoms with Crippen LogP contribution in [0.5, 0.6) is 0 Å².